The van der Waals surface area contributed by atoms with Gasteiger partial charge in [0.2, 0.25) is 0 Å². The Morgan fingerprint density at radius 3 is 2.86 bits per heavy atom. The van der Waals surface area contributed by atoms with Crippen LogP contribution in [0.4, 0.5) is 21.7 Å². The molecule has 0 amide bonds. The molecule has 0 saturated heterocycles. The second kappa shape index (κ2) is 7.43. The van der Waals surface area contributed by atoms with E-state index in [9.17, 15) is 9.30 Å². The highest BCUT2D eigenvalue weighted by Gasteiger charge is 2.11. The van der Waals surface area contributed by atoms with Crippen LogP contribution in [-0.4, -0.2) is 14.5 Å². The maximum Gasteiger partial charge on any atom is 0.141 e. The average molecular weight is 376 g/mol. The predicted octanol–water partition coefficient (Wildman–Crippen LogP) is 4.21. The summed E-state index contributed by atoms with van der Waals surface area (Å²) in [4.78, 5) is 18.7. The quantitative estimate of drug-likeness (QED) is 0.491. The van der Waals surface area contributed by atoms with Gasteiger partial charge in [0.15, 0.2) is 0 Å². The Morgan fingerprint density at radius 2 is 2.04 bits per heavy atom. The van der Waals surface area contributed by atoms with Gasteiger partial charge >= 0.3 is 0 Å². The van der Waals surface area contributed by atoms with Gasteiger partial charge in [-0.2, -0.15) is 4.91 Å². The number of nitrogens with two attached hydrogens (primary N) is 1. The first-order valence-electron chi connectivity index (χ1n) is 8.63. The Hall–Kier alpha value is -3.81. The highest BCUT2D eigenvalue weighted by Crippen LogP contribution is 2.26. The maximum absolute atomic E-state index is 13.4. The number of nitroso groups, excluding NO2 is 1. The molecule has 0 aliphatic heterocycles. The SMILES string of the molecule is Nc1ncnc(Nc2ccc3c(ccn3Cc3cccc(F)c3)c2)c1CN=O. The van der Waals surface area contributed by atoms with E-state index in [1.165, 1.54) is 18.5 Å². The molecule has 8 heteroatoms. The third-order valence-corrected chi connectivity index (χ3v) is 4.48. The van der Waals surface area contributed by atoms with E-state index < -0.39 is 0 Å². The standard InChI is InChI=1S/C20H17FN6O/c21-15-3-1-2-13(8-15)11-27-7-6-14-9-16(4-5-18(14)27)26-20-17(10-25-28)19(22)23-12-24-20/h1-9,12H,10-11H2,(H3,22,23,24,26). The van der Waals surface area contributed by atoms with Gasteiger partial charge in [0.1, 0.15) is 30.3 Å². The van der Waals surface area contributed by atoms with Gasteiger partial charge in [0.05, 0.1) is 5.56 Å². The molecular weight excluding hydrogens is 359 g/mol. The van der Waals surface area contributed by atoms with Crippen LogP contribution in [0.25, 0.3) is 10.9 Å². The molecule has 2 heterocycles. The van der Waals surface area contributed by atoms with Gasteiger partial charge in [-0.1, -0.05) is 17.3 Å². The summed E-state index contributed by atoms with van der Waals surface area (Å²) in [6.07, 6.45) is 3.30. The number of nitrogen functional groups attached to an aromatic ring is 1. The van der Waals surface area contributed by atoms with Crippen LogP contribution in [0.1, 0.15) is 11.1 Å². The summed E-state index contributed by atoms with van der Waals surface area (Å²) in [5.74, 6) is 0.426. The van der Waals surface area contributed by atoms with Crippen LogP contribution in [0.15, 0.2) is 66.2 Å². The predicted molar refractivity (Wildman–Crippen MR) is 107 cm³/mol. The van der Waals surface area contributed by atoms with E-state index in [0.29, 0.717) is 17.9 Å². The van der Waals surface area contributed by atoms with Gasteiger partial charge in [-0.05, 0) is 42.0 Å². The molecule has 0 radical (unpaired) electrons. The fourth-order valence-electron chi connectivity index (χ4n) is 3.14. The first-order chi connectivity index (χ1) is 13.6. The van der Waals surface area contributed by atoms with E-state index in [1.54, 1.807) is 6.07 Å². The van der Waals surface area contributed by atoms with Crippen molar-refractivity contribution in [3.05, 3.63) is 82.9 Å². The molecule has 0 atom stereocenters. The molecule has 140 valence electrons. The molecule has 0 spiro atoms. The monoisotopic (exact) mass is 376 g/mol. The van der Waals surface area contributed by atoms with E-state index in [4.69, 9.17) is 5.73 Å². The summed E-state index contributed by atoms with van der Waals surface area (Å²) in [6, 6.07) is 14.4. The summed E-state index contributed by atoms with van der Waals surface area (Å²) in [5.41, 5.74) is 8.98. The second-order valence-corrected chi connectivity index (χ2v) is 6.35. The number of hydrogen-bond donors (Lipinski definition) is 2. The molecule has 28 heavy (non-hydrogen) atoms. The number of nitrogens with zero attached hydrogens (tertiary/aromatic N) is 4. The van der Waals surface area contributed by atoms with Crippen LogP contribution in [0.5, 0.6) is 0 Å². The van der Waals surface area contributed by atoms with Crippen LogP contribution in [0.2, 0.25) is 0 Å². The van der Waals surface area contributed by atoms with Gasteiger partial charge in [0.25, 0.3) is 0 Å². The van der Waals surface area contributed by atoms with E-state index in [-0.39, 0.29) is 18.2 Å². The van der Waals surface area contributed by atoms with Crippen LogP contribution >= 0.6 is 0 Å². The van der Waals surface area contributed by atoms with E-state index in [2.05, 4.69) is 25.0 Å². The lowest BCUT2D eigenvalue weighted by Crippen LogP contribution is -2.04. The molecule has 3 N–H and O–H groups in total. The van der Waals surface area contributed by atoms with Crippen LogP contribution in [-0.2, 0) is 13.1 Å². The van der Waals surface area contributed by atoms with Crippen molar-refractivity contribution in [3.8, 4) is 0 Å². The molecule has 2 aromatic carbocycles. The zero-order valence-corrected chi connectivity index (χ0v) is 14.8. The van der Waals surface area contributed by atoms with Gasteiger partial charge < -0.3 is 15.6 Å². The smallest absolute Gasteiger partial charge is 0.141 e. The normalized spacial score (nSPS) is 10.9. The minimum Gasteiger partial charge on any atom is -0.383 e. The van der Waals surface area contributed by atoms with E-state index in [0.717, 1.165) is 22.2 Å². The van der Waals surface area contributed by atoms with Crippen molar-refractivity contribution >= 4 is 28.2 Å². The number of aromatic nitrogens is 3. The Bertz CT molecular complexity index is 1160. The number of hydrogen-bond acceptors (Lipinski definition) is 6. The lowest BCUT2D eigenvalue weighted by molar-refractivity contribution is 0.624. The van der Waals surface area contributed by atoms with Crippen molar-refractivity contribution in [1.29, 1.82) is 0 Å². The number of nitrogens with one attached hydrogen (secondary N) is 1. The number of halogens is 1. The summed E-state index contributed by atoms with van der Waals surface area (Å²) < 4.78 is 15.5. The largest absolute Gasteiger partial charge is 0.383 e. The number of benzene rings is 2. The fraction of sp³-hybridized carbons (Fsp3) is 0.100. The minimum absolute atomic E-state index is 0.110. The molecule has 2 aromatic heterocycles. The summed E-state index contributed by atoms with van der Waals surface area (Å²) in [5, 5.41) is 7.07. The van der Waals surface area contributed by atoms with Crippen molar-refractivity contribution in [3.63, 3.8) is 0 Å². The topological polar surface area (TPSA) is 98.2 Å². The Morgan fingerprint density at radius 1 is 1.14 bits per heavy atom. The van der Waals surface area contributed by atoms with Crippen LogP contribution in [0, 0.1) is 10.7 Å². The Kier molecular flexibility index (Phi) is 4.67. The minimum atomic E-state index is -0.245. The lowest BCUT2D eigenvalue weighted by Gasteiger charge is -2.11. The molecule has 4 aromatic rings. The molecule has 4 rings (SSSR count). The van der Waals surface area contributed by atoms with Crippen molar-refractivity contribution in [1.82, 2.24) is 14.5 Å². The second-order valence-electron chi connectivity index (χ2n) is 6.35. The third kappa shape index (κ3) is 3.52. The van der Waals surface area contributed by atoms with Gasteiger partial charge in [-0.15, -0.1) is 0 Å². The molecule has 0 bridgehead atoms. The lowest BCUT2D eigenvalue weighted by atomic mass is 10.2. The zero-order chi connectivity index (χ0) is 19.5. The molecule has 0 aliphatic carbocycles. The summed E-state index contributed by atoms with van der Waals surface area (Å²) >= 11 is 0. The first-order valence-corrected chi connectivity index (χ1v) is 8.63. The molecule has 7 nitrogen and oxygen atoms in total. The third-order valence-electron chi connectivity index (χ3n) is 4.48. The van der Waals surface area contributed by atoms with Gasteiger partial charge in [-0.25, -0.2) is 14.4 Å². The van der Waals surface area contributed by atoms with E-state index >= 15 is 0 Å². The van der Waals surface area contributed by atoms with E-state index in [1.807, 2.05) is 36.5 Å². The van der Waals surface area contributed by atoms with Gasteiger partial charge in [-0.3, -0.25) is 0 Å². The van der Waals surface area contributed by atoms with Crippen molar-refractivity contribution in [2.45, 2.75) is 13.1 Å². The Balaban J connectivity index is 1.61. The molecule has 0 aliphatic rings. The maximum atomic E-state index is 13.4. The van der Waals surface area contributed by atoms with Gasteiger partial charge in [0, 0.05) is 29.3 Å². The van der Waals surface area contributed by atoms with Crippen molar-refractivity contribution < 1.29 is 4.39 Å². The molecule has 0 unspecified atom stereocenters. The van der Waals surface area contributed by atoms with Crippen molar-refractivity contribution in [2.75, 3.05) is 11.1 Å². The summed E-state index contributed by atoms with van der Waals surface area (Å²) in [6.45, 7) is 0.465. The first kappa shape index (κ1) is 17.6. The fourth-order valence-corrected chi connectivity index (χ4v) is 3.14. The number of fused-ring (bicyclic) bond motifs is 1. The highest BCUT2D eigenvalue weighted by molar-refractivity contribution is 5.85. The molecular formula is C20H17FN6O. The molecule has 0 fully saturated rings. The molecule has 0 saturated carbocycles. The van der Waals surface area contributed by atoms with Crippen LogP contribution < -0.4 is 11.1 Å². The number of anilines is 3. The average Bonchev–Trinajstić information content (AvgIpc) is 3.07. The zero-order valence-electron chi connectivity index (χ0n) is 14.8. The summed E-state index contributed by atoms with van der Waals surface area (Å²) in [7, 11) is 0. The van der Waals surface area contributed by atoms with Crippen LogP contribution in [0.3, 0.4) is 0 Å². The number of rotatable bonds is 6. The highest BCUT2D eigenvalue weighted by atomic mass is 19.1. The Labute approximate surface area is 160 Å². The van der Waals surface area contributed by atoms with Crippen molar-refractivity contribution in [2.24, 2.45) is 5.18 Å².